The van der Waals surface area contributed by atoms with Crippen molar-refractivity contribution < 1.29 is 13.9 Å². The van der Waals surface area contributed by atoms with Crippen molar-refractivity contribution in [1.29, 1.82) is 0 Å². The highest BCUT2D eigenvalue weighted by Gasteiger charge is 2.08. The minimum absolute atomic E-state index is 0.0883. The van der Waals surface area contributed by atoms with Crippen LogP contribution in [0, 0.1) is 5.82 Å². The third kappa shape index (κ3) is 4.09. The molecule has 0 fully saturated rings. The average molecular weight is 374 g/mol. The molecule has 0 unspecified atom stereocenters. The summed E-state index contributed by atoms with van der Waals surface area (Å²) in [4.78, 5) is 16.7. The molecule has 4 rings (SSSR count). The van der Waals surface area contributed by atoms with Gasteiger partial charge in [-0.05, 0) is 42.3 Å². The molecular weight excluding hydrogens is 355 g/mol. The van der Waals surface area contributed by atoms with Gasteiger partial charge in [-0.3, -0.25) is 4.79 Å². The number of imidazole rings is 1. The summed E-state index contributed by atoms with van der Waals surface area (Å²) in [5, 5.41) is 0. The predicted molar refractivity (Wildman–Crippen MR) is 105 cm³/mol. The number of ether oxygens (including phenoxy) is 1. The molecule has 2 aromatic heterocycles. The third-order valence-corrected chi connectivity index (χ3v) is 4.64. The number of rotatable bonds is 7. The molecule has 2 heterocycles. The van der Waals surface area contributed by atoms with E-state index in [0.29, 0.717) is 29.7 Å². The van der Waals surface area contributed by atoms with Gasteiger partial charge in [-0.2, -0.15) is 0 Å². The second-order valence-corrected chi connectivity index (χ2v) is 6.56. The van der Waals surface area contributed by atoms with E-state index in [1.165, 1.54) is 6.07 Å². The highest BCUT2D eigenvalue weighted by Crippen LogP contribution is 2.17. The maximum absolute atomic E-state index is 13.6. The van der Waals surface area contributed by atoms with Crippen LogP contribution < -0.4 is 4.74 Å². The highest BCUT2D eigenvalue weighted by atomic mass is 19.1. The molecule has 0 atom stereocenters. The Hall–Kier alpha value is -3.47. The van der Waals surface area contributed by atoms with E-state index < -0.39 is 0 Å². The molecule has 0 aliphatic rings. The van der Waals surface area contributed by atoms with Crippen molar-refractivity contribution in [1.82, 2.24) is 9.38 Å². The molecule has 0 saturated carbocycles. The van der Waals surface area contributed by atoms with Crippen LogP contribution in [0.2, 0.25) is 0 Å². The van der Waals surface area contributed by atoms with Gasteiger partial charge in [0.25, 0.3) is 0 Å². The van der Waals surface area contributed by atoms with Crippen LogP contribution in [0.3, 0.4) is 0 Å². The van der Waals surface area contributed by atoms with Crippen molar-refractivity contribution in [2.45, 2.75) is 19.4 Å². The number of Topliss-reactive ketones (excluding diaryl/α,β-unsaturated/α-hetero) is 1. The van der Waals surface area contributed by atoms with Crippen molar-refractivity contribution in [3.05, 3.63) is 102 Å². The van der Waals surface area contributed by atoms with Gasteiger partial charge in [0.2, 0.25) is 0 Å². The largest absolute Gasteiger partial charge is 0.489 e. The predicted octanol–water partition coefficient (Wildman–Crippen LogP) is 4.87. The fourth-order valence-electron chi connectivity index (χ4n) is 3.01. The molecule has 2 aromatic carbocycles. The lowest BCUT2D eigenvalue weighted by Crippen LogP contribution is -2.02. The number of carbonyl (C=O) groups is 1. The van der Waals surface area contributed by atoms with Crippen LogP contribution >= 0.6 is 0 Å². The van der Waals surface area contributed by atoms with Gasteiger partial charge in [-0.15, -0.1) is 0 Å². The SMILES string of the molecule is O=C(CCc1ccc(OCc2ccccc2F)cc1)c1ccn2ccnc2c1. The second-order valence-electron chi connectivity index (χ2n) is 6.56. The average Bonchev–Trinajstić information content (AvgIpc) is 3.20. The summed E-state index contributed by atoms with van der Waals surface area (Å²) in [6.07, 6.45) is 6.47. The van der Waals surface area contributed by atoms with Crippen molar-refractivity contribution in [3.63, 3.8) is 0 Å². The molecule has 0 saturated heterocycles. The van der Waals surface area contributed by atoms with Crippen LogP contribution in [0.4, 0.5) is 4.39 Å². The number of halogens is 1. The van der Waals surface area contributed by atoms with Crippen molar-refractivity contribution in [2.24, 2.45) is 0 Å². The monoisotopic (exact) mass is 374 g/mol. The Bertz CT molecular complexity index is 1100. The highest BCUT2D eigenvalue weighted by molar-refractivity contribution is 5.96. The quantitative estimate of drug-likeness (QED) is 0.434. The van der Waals surface area contributed by atoms with Gasteiger partial charge < -0.3 is 9.14 Å². The van der Waals surface area contributed by atoms with E-state index in [-0.39, 0.29) is 18.2 Å². The number of hydrogen-bond donors (Lipinski definition) is 0. The Balaban J connectivity index is 1.32. The molecule has 5 heteroatoms. The van der Waals surface area contributed by atoms with Crippen LogP contribution in [0.15, 0.2) is 79.3 Å². The number of carbonyl (C=O) groups excluding carboxylic acids is 1. The molecule has 0 amide bonds. The van der Waals surface area contributed by atoms with Crippen LogP contribution in [-0.4, -0.2) is 15.2 Å². The zero-order chi connectivity index (χ0) is 19.3. The molecule has 0 N–H and O–H groups in total. The Morgan fingerprint density at radius 2 is 1.86 bits per heavy atom. The first kappa shape index (κ1) is 17.9. The topological polar surface area (TPSA) is 43.6 Å². The van der Waals surface area contributed by atoms with Gasteiger partial charge >= 0.3 is 0 Å². The van der Waals surface area contributed by atoms with Gasteiger partial charge in [0.05, 0.1) is 0 Å². The molecule has 0 aliphatic carbocycles. The van der Waals surface area contributed by atoms with E-state index in [4.69, 9.17) is 4.74 Å². The van der Waals surface area contributed by atoms with Crippen molar-refractivity contribution in [2.75, 3.05) is 0 Å². The van der Waals surface area contributed by atoms with E-state index in [2.05, 4.69) is 4.98 Å². The zero-order valence-corrected chi connectivity index (χ0v) is 15.2. The number of hydrogen-bond acceptors (Lipinski definition) is 3. The number of nitrogens with zero attached hydrogens (tertiary/aromatic N) is 2. The molecule has 28 heavy (non-hydrogen) atoms. The lowest BCUT2D eigenvalue weighted by molar-refractivity contribution is 0.0983. The Kier molecular flexibility index (Phi) is 5.15. The van der Waals surface area contributed by atoms with E-state index in [1.54, 1.807) is 24.4 Å². The summed E-state index contributed by atoms with van der Waals surface area (Å²) in [7, 11) is 0. The first-order valence-corrected chi connectivity index (χ1v) is 9.10. The molecule has 0 radical (unpaired) electrons. The second kappa shape index (κ2) is 8.05. The molecule has 0 bridgehead atoms. The number of benzene rings is 2. The number of pyridine rings is 1. The first-order chi connectivity index (χ1) is 13.7. The van der Waals surface area contributed by atoms with Gasteiger partial charge in [-0.25, -0.2) is 9.37 Å². The summed E-state index contributed by atoms with van der Waals surface area (Å²) in [5.41, 5.74) is 3.01. The maximum atomic E-state index is 13.6. The lowest BCUT2D eigenvalue weighted by atomic mass is 10.0. The summed E-state index contributed by atoms with van der Waals surface area (Å²) in [6.45, 7) is 0.181. The van der Waals surface area contributed by atoms with Gasteiger partial charge in [0, 0.05) is 36.1 Å². The summed E-state index contributed by atoms with van der Waals surface area (Å²) >= 11 is 0. The van der Waals surface area contributed by atoms with Crippen molar-refractivity contribution in [3.8, 4) is 5.75 Å². The molecule has 0 aliphatic heterocycles. The molecule has 140 valence electrons. The zero-order valence-electron chi connectivity index (χ0n) is 15.2. The van der Waals surface area contributed by atoms with Crippen LogP contribution in [0.1, 0.15) is 27.9 Å². The van der Waals surface area contributed by atoms with E-state index in [0.717, 1.165) is 11.2 Å². The Morgan fingerprint density at radius 3 is 2.68 bits per heavy atom. The summed E-state index contributed by atoms with van der Waals surface area (Å²) < 4.78 is 21.1. The van der Waals surface area contributed by atoms with Crippen LogP contribution in [0.25, 0.3) is 5.65 Å². The minimum atomic E-state index is -0.272. The standard InChI is InChI=1S/C23H19FN2O2/c24-21-4-2-1-3-19(21)16-28-20-8-5-17(6-9-20)7-10-22(27)18-11-13-26-14-12-25-23(26)15-18/h1-6,8-9,11-15H,7,10,16H2. The van der Waals surface area contributed by atoms with Crippen molar-refractivity contribution >= 4 is 11.4 Å². The van der Waals surface area contributed by atoms with Gasteiger partial charge in [0.1, 0.15) is 23.8 Å². The van der Waals surface area contributed by atoms with Crippen LogP contribution in [-0.2, 0) is 13.0 Å². The Labute approximate surface area is 162 Å². The smallest absolute Gasteiger partial charge is 0.163 e. The number of aromatic nitrogens is 2. The first-order valence-electron chi connectivity index (χ1n) is 9.10. The van der Waals surface area contributed by atoms with Crippen LogP contribution in [0.5, 0.6) is 5.75 Å². The summed E-state index contributed by atoms with van der Waals surface area (Å²) in [5.74, 6) is 0.486. The van der Waals surface area contributed by atoms with E-state index in [1.807, 2.05) is 53.2 Å². The number of aryl methyl sites for hydroxylation is 1. The van der Waals surface area contributed by atoms with Gasteiger partial charge in [-0.1, -0.05) is 30.3 Å². The normalized spacial score (nSPS) is 10.9. The summed E-state index contributed by atoms with van der Waals surface area (Å²) in [6, 6.07) is 17.7. The van der Waals surface area contributed by atoms with Gasteiger partial charge in [0.15, 0.2) is 5.78 Å². The third-order valence-electron chi connectivity index (χ3n) is 4.64. The lowest BCUT2D eigenvalue weighted by Gasteiger charge is -2.08. The molecule has 4 nitrogen and oxygen atoms in total. The Morgan fingerprint density at radius 1 is 1.04 bits per heavy atom. The van der Waals surface area contributed by atoms with E-state index in [9.17, 15) is 9.18 Å². The molecule has 0 spiro atoms. The maximum Gasteiger partial charge on any atom is 0.163 e. The number of ketones is 1. The fourth-order valence-corrected chi connectivity index (χ4v) is 3.01. The molecular formula is C23H19FN2O2. The molecule has 4 aromatic rings. The number of fused-ring (bicyclic) bond motifs is 1. The van der Waals surface area contributed by atoms with E-state index >= 15 is 0 Å². The fraction of sp³-hybridized carbons (Fsp3) is 0.130. The minimum Gasteiger partial charge on any atom is -0.489 e.